The van der Waals surface area contributed by atoms with Crippen molar-refractivity contribution in [1.29, 1.82) is 0 Å². The molecule has 4 fully saturated rings. The zero-order valence-electron chi connectivity index (χ0n) is 35.8. The number of hydrogen-bond acceptors (Lipinski definition) is 16. The third-order valence-electron chi connectivity index (χ3n) is 15.5. The van der Waals surface area contributed by atoms with E-state index in [1.165, 1.54) is 4.90 Å². The van der Waals surface area contributed by atoms with Gasteiger partial charge in [0.2, 0.25) is 5.91 Å². The highest BCUT2D eigenvalue weighted by Gasteiger charge is 2.65. The number of aliphatic hydroxyl groups is 13. The van der Waals surface area contributed by atoms with Crippen LogP contribution in [0.15, 0.2) is 0 Å². The van der Waals surface area contributed by atoms with E-state index < -0.39 is 91.5 Å². The van der Waals surface area contributed by atoms with Gasteiger partial charge in [-0.1, -0.05) is 20.8 Å². The van der Waals surface area contributed by atoms with Crippen LogP contribution in [0.3, 0.4) is 0 Å². The third-order valence-corrected chi connectivity index (χ3v) is 15.5. The van der Waals surface area contributed by atoms with Crippen LogP contribution in [-0.2, 0) is 14.4 Å². The third kappa shape index (κ3) is 11.4. The fourth-order valence-corrected chi connectivity index (χ4v) is 11.7. The van der Waals surface area contributed by atoms with Crippen molar-refractivity contribution in [2.75, 3.05) is 39.4 Å². The van der Waals surface area contributed by atoms with Gasteiger partial charge in [-0.3, -0.25) is 14.4 Å². The summed E-state index contributed by atoms with van der Waals surface area (Å²) in [6, 6.07) is 0. The first-order valence-electron chi connectivity index (χ1n) is 22.2. The van der Waals surface area contributed by atoms with Crippen molar-refractivity contribution in [2.45, 2.75) is 159 Å². The number of aliphatic hydroxyl groups excluding tert-OH is 13. The normalized spacial score (nSPS) is 35.5. The summed E-state index contributed by atoms with van der Waals surface area (Å²) >= 11 is 0. The second-order valence-corrected chi connectivity index (χ2v) is 19.1. The van der Waals surface area contributed by atoms with Crippen molar-refractivity contribution in [2.24, 2.45) is 46.3 Å². The summed E-state index contributed by atoms with van der Waals surface area (Å²) in [5.74, 6) is -1.73. The standard InChI is InChI=1S/C42H75N3O16/c1-21(24-7-8-25-32-26(18-30(52)42(24,25)3)41(2)11-10-23(48)16-22(41)17-27(32)49)6-9-31(53)45(14-4-12-43-39(60)37(58)35(56)33(54)28(50)19-46)15-5-13-44-40(61)38(59)36(57)34(55)29(51)20-47/h21-30,32-38,46-52,54-59H,4-20H2,1-3H3,(H,43,60)(H,44,61)/t21-,22+,23-,24+,25+,26+,27-,28-,29-,30+,32+,33-,34-,35+,36+,37-,38-,41+,42-/m1/s1. The maximum absolute atomic E-state index is 13.9. The molecule has 0 aromatic heterocycles. The second-order valence-electron chi connectivity index (χ2n) is 19.1. The van der Waals surface area contributed by atoms with Crippen molar-refractivity contribution in [1.82, 2.24) is 15.5 Å². The van der Waals surface area contributed by atoms with Gasteiger partial charge in [0.05, 0.1) is 31.5 Å². The summed E-state index contributed by atoms with van der Waals surface area (Å²) in [4.78, 5) is 40.3. The molecule has 0 saturated heterocycles. The SMILES string of the molecule is C[C@H](CCC(=O)N(CCCNC(=O)[C@H](O)[C@@H](O)[C@H](O)[C@H](O)CO)CCCNC(=O)[C@H](O)[C@@H](O)[C@H](O)[C@H](O)CO)[C@@H]1CC[C@H]2[C@@H]3[C@H](O)C[C@@H]4C[C@H](O)CC[C@]4(C)[C@H]3C[C@H](O)[C@@]21C. The summed E-state index contributed by atoms with van der Waals surface area (Å²) in [5, 5.41) is 136. The molecule has 0 unspecified atom stereocenters. The minimum Gasteiger partial charge on any atom is -0.394 e. The largest absolute Gasteiger partial charge is 0.394 e. The van der Waals surface area contributed by atoms with Crippen LogP contribution < -0.4 is 10.6 Å². The topological polar surface area (TPSA) is 342 Å². The van der Waals surface area contributed by atoms with E-state index >= 15 is 0 Å². The average Bonchev–Trinajstić information content (AvgIpc) is 3.61. The Bertz CT molecular complexity index is 1380. The van der Waals surface area contributed by atoms with Gasteiger partial charge < -0.3 is 81.9 Å². The number of carbonyl (C=O) groups excluding carboxylic acids is 3. The molecule has 19 heteroatoms. The Labute approximate surface area is 357 Å². The molecule has 354 valence electrons. The van der Waals surface area contributed by atoms with Gasteiger partial charge in [-0.05, 0) is 111 Å². The van der Waals surface area contributed by atoms with E-state index in [1.54, 1.807) is 0 Å². The Balaban J connectivity index is 1.37. The molecule has 4 rings (SSSR count). The smallest absolute Gasteiger partial charge is 0.251 e. The lowest BCUT2D eigenvalue weighted by Gasteiger charge is -2.63. The van der Waals surface area contributed by atoms with E-state index in [0.29, 0.717) is 25.7 Å². The Morgan fingerprint density at radius 2 is 1.23 bits per heavy atom. The van der Waals surface area contributed by atoms with E-state index in [1.807, 2.05) is 0 Å². The van der Waals surface area contributed by atoms with Crippen LogP contribution in [0.1, 0.15) is 91.4 Å². The van der Waals surface area contributed by atoms with E-state index in [4.69, 9.17) is 10.2 Å². The van der Waals surface area contributed by atoms with Crippen LogP contribution >= 0.6 is 0 Å². The number of fused-ring (bicyclic) bond motifs is 5. The summed E-state index contributed by atoms with van der Waals surface area (Å²) in [6.45, 7) is 4.76. The van der Waals surface area contributed by atoms with Crippen LogP contribution in [0.5, 0.6) is 0 Å². The molecule has 0 aliphatic heterocycles. The highest BCUT2D eigenvalue weighted by molar-refractivity contribution is 5.81. The Hall–Kier alpha value is -2.11. The van der Waals surface area contributed by atoms with Gasteiger partial charge in [-0.25, -0.2) is 0 Å². The highest BCUT2D eigenvalue weighted by Crippen LogP contribution is 2.68. The molecular formula is C42H75N3O16. The molecule has 0 heterocycles. The van der Waals surface area contributed by atoms with Gasteiger partial charge in [0, 0.05) is 32.6 Å². The van der Waals surface area contributed by atoms with Gasteiger partial charge in [0.25, 0.3) is 11.8 Å². The van der Waals surface area contributed by atoms with E-state index in [-0.39, 0.29) is 98.4 Å². The number of rotatable bonds is 22. The van der Waals surface area contributed by atoms with E-state index in [9.17, 15) is 70.6 Å². The zero-order chi connectivity index (χ0) is 45.6. The molecule has 15 N–H and O–H groups in total. The molecule has 4 aliphatic carbocycles. The van der Waals surface area contributed by atoms with Crippen molar-refractivity contribution >= 4 is 17.7 Å². The second kappa shape index (κ2) is 22.2. The molecule has 19 nitrogen and oxygen atoms in total. The fourth-order valence-electron chi connectivity index (χ4n) is 11.7. The molecule has 19 atom stereocenters. The first kappa shape index (κ1) is 51.5. The Morgan fingerprint density at radius 3 is 1.74 bits per heavy atom. The van der Waals surface area contributed by atoms with Gasteiger partial charge in [-0.2, -0.15) is 0 Å². The number of amides is 3. The van der Waals surface area contributed by atoms with Crippen LogP contribution in [0.25, 0.3) is 0 Å². The molecule has 0 bridgehead atoms. The maximum Gasteiger partial charge on any atom is 0.251 e. The number of hydrogen-bond donors (Lipinski definition) is 15. The molecule has 0 aromatic carbocycles. The first-order chi connectivity index (χ1) is 28.6. The molecule has 0 spiro atoms. The predicted octanol–water partition coefficient (Wildman–Crippen LogP) is -3.92. The molecule has 0 radical (unpaired) electrons. The van der Waals surface area contributed by atoms with E-state index in [2.05, 4.69) is 31.4 Å². The molecule has 61 heavy (non-hydrogen) atoms. The first-order valence-corrected chi connectivity index (χ1v) is 22.2. The molecule has 0 aromatic rings. The van der Waals surface area contributed by atoms with Crippen molar-refractivity contribution in [3.63, 3.8) is 0 Å². The lowest BCUT2D eigenvalue weighted by Crippen LogP contribution is -2.62. The number of nitrogens with one attached hydrogen (secondary N) is 2. The number of carbonyl (C=O) groups is 3. The van der Waals surface area contributed by atoms with Crippen molar-refractivity contribution < 1.29 is 80.8 Å². The lowest BCUT2D eigenvalue weighted by molar-refractivity contribution is -0.207. The summed E-state index contributed by atoms with van der Waals surface area (Å²) in [6.07, 6.45) is -11.3. The van der Waals surface area contributed by atoms with Gasteiger partial charge >= 0.3 is 0 Å². The van der Waals surface area contributed by atoms with Gasteiger partial charge in [0.15, 0.2) is 12.2 Å². The summed E-state index contributed by atoms with van der Waals surface area (Å²) in [5.41, 5.74) is -0.524. The molecule has 4 aliphatic rings. The monoisotopic (exact) mass is 878 g/mol. The lowest BCUT2D eigenvalue weighted by atomic mass is 9.43. The summed E-state index contributed by atoms with van der Waals surface area (Å²) in [7, 11) is 0. The molecule has 4 saturated carbocycles. The molecule has 3 amide bonds. The van der Waals surface area contributed by atoms with Gasteiger partial charge in [0.1, 0.15) is 36.6 Å². The van der Waals surface area contributed by atoms with E-state index in [0.717, 1.165) is 25.7 Å². The number of nitrogens with zero attached hydrogens (tertiary/aromatic N) is 1. The fraction of sp³-hybridized carbons (Fsp3) is 0.929. The maximum atomic E-state index is 13.9. The van der Waals surface area contributed by atoms with Crippen LogP contribution in [0.4, 0.5) is 0 Å². The minimum absolute atomic E-state index is 0.0275. The van der Waals surface area contributed by atoms with Crippen molar-refractivity contribution in [3.05, 3.63) is 0 Å². The van der Waals surface area contributed by atoms with Crippen LogP contribution in [-0.4, -0.2) is 196 Å². The van der Waals surface area contributed by atoms with Gasteiger partial charge in [-0.15, -0.1) is 0 Å². The Morgan fingerprint density at radius 1 is 0.705 bits per heavy atom. The van der Waals surface area contributed by atoms with Crippen molar-refractivity contribution in [3.8, 4) is 0 Å². The van der Waals surface area contributed by atoms with Crippen LogP contribution in [0, 0.1) is 46.3 Å². The summed E-state index contributed by atoms with van der Waals surface area (Å²) < 4.78 is 0. The zero-order valence-corrected chi connectivity index (χ0v) is 35.8. The highest BCUT2D eigenvalue weighted by atomic mass is 16.4. The quantitative estimate of drug-likeness (QED) is 0.0462. The predicted molar refractivity (Wildman–Crippen MR) is 216 cm³/mol. The molecular weight excluding hydrogens is 802 g/mol. The minimum atomic E-state index is -2.13. The average molecular weight is 878 g/mol. The van der Waals surface area contributed by atoms with Crippen LogP contribution in [0.2, 0.25) is 0 Å². The Kier molecular flexibility index (Phi) is 18.7.